The number of pyridine rings is 1. The summed E-state index contributed by atoms with van der Waals surface area (Å²) in [6.07, 6.45) is 1.11. The Hall–Kier alpha value is -1.66. The van der Waals surface area contributed by atoms with E-state index in [-0.39, 0.29) is 35.1 Å². The lowest BCUT2D eigenvalue weighted by Gasteiger charge is -2.47. The van der Waals surface area contributed by atoms with Gasteiger partial charge in [-0.3, -0.25) is 9.59 Å². The van der Waals surface area contributed by atoms with E-state index >= 15 is 0 Å². The summed E-state index contributed by atoms with van der Waals surface area (Å²) in [6, 6.07) is 1.91. The van der Waals surface area contributed by atoms with Gasteiger partial charge in [0.2, 0.25) is 0 Å². The predicted molar refractivity (Wildman–Crippen MR) is 90.3 cm³/mol. The lowest BCUT2D eigenvalue weighted by Crippen LogP contribution is -2.63. The number of nitrogens with zero attached hydrogens (tertiary/aromatic N) is 1. The Kier molecular flexibility index (Phi) is 4.78. The normalized spacial score (nSPS) is 28.3. The number of rotatable bonds is 5. The molecule has 6 heteroatoms. The van der Waals surface area contributed by atoms with E-state index in [0.29, 0.717) is 19.1 Å². The van der Waals surface area contributed by atoms with Crippen molar-refractivity contribution in [3.8, 4) is 0 Å². The second-order valence-electron chi connectivity index (χ2n) is 6.80. The number of amides is 1. The van der Waals surface area contributed by atoms with Crippen LogP contribution in [0.1, 0.15) is 35.0 Å². The number of aromatic nitrogens is 1. The van der Waals surface area contributed by atoms with Crippen LogP contribution in [0.5, 0.6) is 0 Å². The van der Waals surface area contributed by atoms with Crippen LogP contribution >= 0.6 is 0 Å². The summed E-state index contributed by atoms with van der Waals surface area (Å²) in [6.45, 7) is 7.46. The zero-order valence-corrected chi connectivity index (χ0v) is 14.8. The molecular formula is C18H26N2O4. The van der Waals surface area contributed by atoms with Crippen molar-refractivity contribution in [3.63, 3.8) is 0 Å². The van der Waals surface area contributed by atoms with E-state index in [1.807, 2.05) is 26.8 Å². The maximum Gasteiger partial charge on any atom is 0.263 e. The lowest BCUT2D eigenvalue weighted by atomic mass is 9.67. The Labute approximate surface area is 142 Å². The highest BCUT2D eigenvalue weighted by molar-refractivity contribution is 5.95. The van der Waals surface area contributed by atoms with E-state index in [1.165, 1.54) is 0 Å². The fraction of sp³-hybridized carbons (Fsp3) is 0.667. The maximum atomic E-state index is 12.8. The molecule has 132 valence electrons. The Morgan fingerprint density at radius 3 is 2.88 bits per heavy atom. The van der Waals surface area contributed by atoms with Crippen LogP contribution in [-0.4, -0.2) is 42.9 Å². The minimum Gasteiger partial charge on any atom is -0.384 e. The number of carbonyl (C=O) groups is 1. The van der Waals surface area contributed by atoms with Gasteiger partial charge in [0.05, 0.1) is 12.7 Å². The Morgan fingerprint density at radius 2 is 2.21 bits per heavy atom. The van der Waals surface area contributed by atoms with Gasteiger partial charge >= 0.3 is 0 Å². The first kappa shape index (κ1) is 17.2. The van der Waals surface area contributed by atoms with Crippen molar-refractivity contribution < 1.29 is 14.3 Å². The highest BCUT2D eigenvalue weighted by atomic mass is 16.5. The third-order valence-electron chi connectivity index (χ3n) is 5.43. The first-order valence-electron chi connectivity index (χ1n) is 8.62. The van der Waals surface area contributed by atoms with Crippen molar-refractivity contribution in [1.29, 1.82) is 0 Å². The average molecular weight is 334 g/mol. The quantitative estimate of drug-likeness (QED) is 0.880. The number of aryl methyl sites for hydroxylation is 2. The molecule has 3 rings (SSSR count). The molecule has 0 bridgehead atoms. The van der Waals surface area contributed by atoms with Crippen LogP contribution in [0.4, 0.5) is 0 Å². The van der Waals surface area contributed by atoms with E-state index in [4.69, 9.17) is 9.47 Å². The van der Waals surface area contributed by atoms with Crippen LogP contribution in [0.3, 0.4) is 0 Å². The molecule has 2 heterocycles. The number of fused-ring (bicyclic) bond motifs is 1. The van der Waals surface area contributed by atoms with Gasteiger partial charge in [-0.05, 0) is 38.8 Å². The van der Waals surface area contributed by atoms with Crippen LogP contribution < -0.4 is 10.9 Å². The molecule has 1 saturated heterocycles. The summed E-state index contributed by atoms with van der Waals surface area (Å²) in [5.41, 5.74) is 1.64. The molecule has 0 spiro atoms. The molecule has 6 nitrogen and oxygen atoms in total. The first-order valence-corrected chi connectivity index (χ1v) is 8.62. The van der Waals surface area contributed by atoms with Crippen LogP contribution in [0, 0.1) is 25.7 Å². The van der Waals surface area contributed by atoms with Crippen LogP contribution in [0.2, 0.25) is 0 Å². The number of nitrogens with one attached hydrogen (secondary N) is 1. The largest absolute Gasteiger partial charge is 0.384 e. The zero-order valence-electron chi connectivity index (χ0n) is 14.8. The fourth-order valence-corrected chi connectivity index (χ4v) is 4.25. The number of hydrogen-bond acceptors (Lipinski definition) is 4. The van der Waals surface area contributed by atoms with Crippen molar-refractivity contribution in [2.75, 3.05) is 20.3 Å². The Bertz CT molecular complexity index is 697. The van der Waals surface area contributed by atoms with Gasteiger partial charge in [-0.25, -0.2) is 0 Å². The van der Waals surface area contributed by atoms with Gasteiger partial charge in [0.25, 0.3) is 11.5 Å². The van der Waals surface area contributed by atoms with Gasteiger partial charge in [-0.1, -0.05) is 0 Å². The van der Waals surface area contributed by atoms with Crippen molar-refractivity contribution in [2.24, 2.45) is 11.8 Å². The van der Waals surface area contributed by atoms with E-state index in [0.717, 1.165) is 24.3 Å². The van der Waals surface area contributed by atoms with Crippen molar-refractivity contribution in [3.05, 3.63) is 33.2 Å². The monoisotopic (exact) mass is 334 g/mol. The van der Waals surface area contributed by atoms with Crippen LogP contribution in [-0.2, 0) is 16.0 Å². The van der Waals surface area contributed by atoms with Crippen LogP contribution in [0.25, 0.3) is 0 Å². The minimum absolute atomic E-state index is 0.0140. The molecule has 1 aromatic heterocycles. The van der Waals surface area contributed by atoms with Gasteiger partial charge in [0, 0.05) is 43.8 Å². The van der Waals surface area contributed by atoms with E-state index < -0.39 is 0 Å². The highest BCUT2D eigenvalue weighted by Crippen LogP contribution is 2.43. The molecule has 2 aliphatic rings. The molecule has 1 aromatic rings. The van der Waals surface area contributed by atoms with Gasteiger partial charge < -0.3 is 19.4 Å². The number of methoxy groups -OCH3 is 1. The maximum absolute atomic E-state index is 12.8. The number of hydrogen-bond donors (Lipinski definition) is 1. The zero-order chi connectivity index (χ0) is 17.4. The standard InChI is InChI=1S/C18H26N2O4/c1-5-20-11(3)8-10(2)14(18(20)22)17(21)19-15-12-6-7-24-16(12)13(15)9-23-4/h8,12-13,15-16H,5-7,9H2,1-4H3,(H,19,21)/t12-,13-,15-,16-/m0/s1. The SMILES string of the molecule is CCn1c(C)cc(C)c(C(=O)N[C@H]2[C@@H]3CCO[C@@H]3[C@H]2COC)c1=O. The molecule has 2 fully saturated rings. The minimum atomic E-state index is -0.281. The second kappa shape index (κ2) is 6.69. The fourth-order valence-electron chi connectivity index (χ4n) is 4.25. The van der Waals surface area contributed by atoms with Gasteiger partial charge in [0.15, 0.2) is 0 Å². The molecule has 1 aliphatic heterocycles. The van der Waals surface area contributed by atoms with Crippen LogP contribution in [0.15, 0.2) is 10.9 Å². The molecule has 24 heavy (non-hydrogen) atoms. The Morgan fingerprint density at radius 1 is 1.46 bits per heavy atom. The highest BCUT2D eigenvalue weighted by Gasteiger charge is 2.54. The third kappa shape index (κ3) is 2.67. The lowest BCUT2D eigenvalue weighted by molar-refractivity contribution is -0.0809. The second-order valence-corrected chi connectivity index (χ2v) is 6.80. The molecule has 0 radical (unpaired) electrons. The molecule has 1 N–H and O–H groups in total. The Balaban J connectivity index is 1.84. The van der Waals surface area contributed by atoms with Gasteiger partial charge in [-0.2, -0.15) is 0 Å². The molecule has 0 unspecified atom stereocenters. The summed E-state index contributed by atoms with van der Waals surface area (Å²) in [7, 11) is 1.66. The smallest absolute Gasteiger partial charge is 0.263 e. The first-order chi connectivity index (χ1) is 11.5. The summed E-state index contributed by atoms with van der Waals surface area (Å²) in [5.74, 6) is 0.204. The summed E-state index contributed by atoms with van der Waals surface area (Å²) >= 11 is 0. The predicted octanol–water partition coefficient (Wildman–Crippen LogP) is 1.26. The van der Waals surface area contributed by atoms with Gasteiger partial charge in [-0.15, -0.1) is 0 Å². The number of ether oxygens (including phenoxy) is 2. The van der Waals surface area contributed by atoms with Crippen molar-refractivity contribution in [1.82, 2.24) is 9.88 Å². The van der Waals surface area contributed by atoms with E-state index in [1.54, 1.807) is 11.7 Å². The molecular weight excluding hydrogens is 308 g/mol. The molecule has 1 aliphatic carbocycles. The molecule has 1 saturated carbocycles. The van der Waals surface area contributed by atoms with E-state index in [2.05, 4.69) is 5.32 Å². The summed E-state index contributed by atoms with van der Waals surface area (Å²) in [4.78, 5) is 25.5. The summed E-state index contributed by atoms with van der Waals surface area (Å²) in [5, 5.41) is 3.08. The summed E-state index contributed by atoms with van der Waals surface area (Å²) < 4.78 is 12.6. The van der Waals surface area contributed by atoms with Crippen molar-refractivity contribution >= 4 is 5.91 Å². The van der Waals surface area contributed by atoms with E-state index in [9.17, 15) is 9.59 Å². The third-order valence-corrected chi connectivity index (χ3v) is 5.43. The number of carbonyl (C=O) groups excluding carboxylic acids is 1. The average Bonchev–Trinajstić information content (AvgIpc) is 2.94. The molecule has 0 aromatic carbocycles. The topological polar surface area (TPSA) is 69.6 Å². The van der Waals surface area contributed by atoms with Gasteiger partial charge in [0.1, 0.15) is 5.56 Å². The van der Waals surface area contributed by atoms with Crippen molar-refractivity contribution in [2.45, 2.75) is 45.9 Å². The molecule has 1 amide bonds. The molecule has 4 atom stereocenters.